The lowest BCUT2D eigenvalue weighted by atomic mass is 9.91. The first-order chi connectivity index (χ1) is 11.5. The zero-order valence-electron chi connectivity index (χ0n) is 15.2. The number of aliphatic imine (C=N–C) groups is 1. The lowest BCUT2D eigenvalue weighted by Gasteiger charge is -2.26. The van der Waals surface area contributed by atoms with Gasteiger partial charge in [0.15, 0.2) is 0 Å². The summed E-state index contributed by atoms with van der Waals surface area (Å²) in [4.78, 5) is 18.3. The molecule has 7 heteroatoms. The van der Waals surface area contributed by atoms with Gasteiger partial charge in [-0.2, -0.15) is 13.2 Å². The van der Waals surface area contributed by atoms with Crippen molar-refractivity contribution in [3.05, 3.63) is 11.6 Å². The third-order valence-electron chi connectivity index (χ3n) is 4.40. The van der Waals surface area contributed by atoms with Gasteiger partial charge in [0.25, 0.3) is 0 Å². The number of likely N-dealkylation sites (tertiary alicyclic amines) is 1. The first kappa shape index (κ1) is 19.8. The number of nitrogens with zero attached hydrogens (tertiary/aromatic N) is 2. The van der Waals surface area contributed by atoms with Crippen LogP contribution in [0.15, 0.2) is 16.6 Å². The molecule has 2 aliphatic heterocycles. The molecule has 1 atom stereocenters. The summed E-state index contributed by atoms with van der Waals surface area (Å²) in [7, 11) is 0. The predicted molar refractivity (Wildman–Crippen MR) is 90.8 cm³/mol. The fourth-order valence-corrected chi connectivity index (χ4v) is 3.15. The molecule has 0 saturated carbocycles. The van der Waals surface area contributed by atoms with Crippen LogP contribution in [0.2, 0.25) is 0 Å². The maximum absolute atomic E-state index is 12.5. The molecule has 25 heavy (non-hydrogen) atoms. The highest BCUT2D eigenvalue weighted by Crippen LogP contribution is 2.30. The van der Waals surface area contributed by atoms with Gasteiger partial charge in [0.05, 0.1) is 0 Å². The SMILES string of the molecule is CC(C)(C)OC(=O)N1CCC2=CC(CCC(F)(F)F)=NCCC2CC1. The van der Waals surface area contributed by atoms with Crippen LogP contribution in [0.1, 0.15) is 52.9 Å². The van der Waals surface area contributed by atoms with Crippen LogP contribution in [-0.4, -0.2) is 48.1 Å². The molecule has 0 bridgehead atoms. The lowest BCUT2D eigenvalue weighted by Crippen LogP contribution is -2.37. The highest BCUT2D eigenvalue weighted by atomic mass is 19.4. The average molecular weight is 360 g/mol. The van der Waals surface area contributed by atoms with Crippen molar-refractivity contribution in [3.63, 3.8) is 0 Å². The molecule has 0 aliphatic carbocycles. The van der Waals surface area contributed by atoms with Gasteiger partial charge in [-0.1, -0.05) is 5.57 Å². The van der Waals surface area contributed by atoms with Gasteiger partial charge in [-0.05, 0) is 58.4 Å². The molecule has 1 unspecified atom stereocenters. The molecule has 0 spiro atoms. The summed E-state index contributed by atoms with van der Waals surface area (Å²) in [6.07, 6.45) is -1.28. The highest BCUT2D eigenvalue weighted by molar-refractivity contribution is 5.95. The molecule has 0 aromatic rings. The van der Waals surface area contributed by atoms with Gasteiger partial charge < -0.3 is 9.64 Å². The molecule has 1 fully saturated rings. The van der Waals surface area contributed by atoms with Gasteiger partial charge in [-0.3, -0.25) is 4.99 Å². The van der Waals surface area contributed by atoms with Gasteiger partial charge in [-0.25, -0.2) is 4.79 Å². The summed E-state index contributed by atoms with van der Waals surface area (Å²) in [5, 5.41) is 0. The Hall–Kier alpha value is -1.53. The van der Waals surface area contributed by atoms with E-state index in [-0.39, 0.29) is 18.4 Å². The fraction of sp³-hybridized carbons (Fsp3) is 0.778. The molecule has 1 amide bonds. The van der Waals surface area contributed by atoms with Gasteiger partial charge >= 0.3 is 12.3 Å². The lowest BCUT2D eigenvalue weighted by molar-refractivity contribution is -0.132. The van der Waals surface area contributed by atoms with E-state index in [4.69, 9.17) is 4.74 Å². The van der Waals surface area contributed by atoms with Crippen LogP contribution in [0.4, 0.5) is 18.0 Å². The topological polar surface area (TPSA) is 41.9 Å². The second kappa shape index (κ2) is 7.79. The monoisotopic (exact) mass is 360 g/mol. The smallest absolute Gasteiger partial charge is 0.410 e. The van der Waals surface area contributed by atoms with Crippen molar-refractivity contribution in [3.8, 4) is 0 Å². The van der Waals surface area contributed by atoms with E-state index in [0.29, 0.717) is 31.8 Å². The van der Waals surface area contributed by atoms with E-state index in [1.165, 1.54) is 0 Å². The molecule has 2 aliphatic rings. The van der Waals surface area contributed by atoms with E-state index < -0.39 is 18.2 Å². The summed E-state index contributed by atoms with van der Waals surface area (Å²) >= 11 is 0. The number of hydrogen-bond acceptors (Lipinski definition) is 3. The van der Waals surface area contributed by atoms with Crippen molar-refractivity contribution in [2.45, 2.75) is 64.7 Å². The van der Waals surface area contributed by atoms with Crippen LogP contribution in [0.25, 0.3) is 0 Å². The van der Waals surface area contributed by atoms with Crippen molar-refractivity contribution < 1.29 is 22.7 Å². The van der Waals surface area contributed by atoms with E-state index in [1.54, 1.807) is 4.90 Å². The van der Waals surface area contributed by atoms with Gasteiger partial charge in [0.1, 0.15) is 5.60 Å². The number of fused-ring (bicyclic) bond motifs is 1. The van der Waals surface area contributed by atoms with Crippen LogP contribution in [0.3, 0.4) is 0 Å². The van der Waals surface area contributed by atoms with Crippen LogP contribution >= 0.6 is 0 Å². The predicted octanol–water partition coefficient (Wildman–Crippen LogP) is 4.75. The Morgan fingerprint density at radius 2 is 2.00 bits per heavy atom. The summed E-state index contributed by atoms with van der Waals surface area (Å²) < 4.78 is 42.8. The Bertz CT molecular complexity index is 548. The first-order valence-electron chi connectivity index (χ1n) is 8.82. The molecule has 2 rings (SSSR count). The molecule has 0 aromatic carbocycles. The number of halogens is 3. The number of hydrogen-bond donors (Lipinski definition) is 0. The number of ether oxygens (including phenoxy) is 1. The molecule has 2 heterocycles. The van der Waals surface area contributed by atoms with Crippen LogP contribution in [0.5, 0.6) is 0 Å². The van der Waals surface area contributed by atoms with E-state index in [2.05, 4.69) is 4.99 Å². The Balaban J connectivity index is 2.01. The Morgan fingerprint density at radius 3 is 2.64 bits per heavy atom. The number of alkyl halides is 3. The summed E-state index contributed by atoms with van der Waals surface area (Å²) in [5.74, 6) is 0.277. The average Bonchev–Trinajstić information content (AvgIpc) is 2.75. The molecule has 1 saturated heterocycles. The largest absolute Gasteiger partial charge is 0.444 e. The summed E-state index contributed by atoms with van der Waals surface area (Å²) in [6.45, 7) is 7.18. The molecule has 0 radical (unpaired) electrons. The number of rotatable bonds is 2. The standard InChI is InChI=1S/C18H27F3N2O2/c1-17(2,3)25-16(24)23-10-6-13-5-9-22-15(4-8-18(19,20)21)12-14(13)7-11-23/h12-13H,4-11H2,1-3H3. The molecular formula is C18H27F3N2O2. The van der Waals surface area contributed by atoms with Crippen LogP contribution in [0, 0.1) is 5.92 Å². The molecule has 142 valence electrons. The van der Waals surface area contributed by atoms with Crippen molar-refractivity contribution in [2.75, 3.05) is 19.6 Å². The summed E-state index contributed by atoms with van der Waals surface area (Å²) in [5.41, 5.74) is 1.11. The van der Waals surface area contributed by atoms with Crippen LogP contribution in [-0.2, 0) is 4.74 Å². The normalized spacial score (nSPS) is 22.3. The zero-order chi connectivity index (χ0) is 18.7. The van der Waals surface area contributed by atoms with Gasteiger partial charge in [-0.15, -0.1) is 0 Å². The molecule has 4 nitrogen and oxygen atoms in total. The van der Waals surface area contributed by atoms with Crippen molar-refractivity contribution in [2.24, 2.45) is 10.9 Å². The quantitative estimate of drug-likeness (QED) is 0.713. The Kier molecular flexibility index (Phi) is 6.16. The first-order valence-corrected chi connectivity index (χ1v) is 8.82. The Labute approximate surface area is 147 Å². The molecule has 0 N–H and O–H groups in total. The fourth-order valence-electron chi connectivity index (χ4n) is 3.15. The zero-order valence-corrected chi connectivity index (χ0v) is 15.2. The third kappa shape index (κ3) is 6.71. The number of carbonyl (C=O) groups excluding carboxylic acids is 1. The van der Waals surface area contributed by atoms with Crippen molar-refractivity contribution in [1.29, 1.82) is 0 Å². The van der Waals surface area contributed by atoms with E-state index in [9.17, 15) is 18.0 Å². The van der Waals surface area contributed by atoms with E-state index in [1.807, 2.05) is 26.8 Å². The van der Waals surface area contributed by atoms with Crippen LogP contribution < -0.4 is 0 Å². The minimum absolute atomic E-state index is 0.0739. The van der Waals surface area contributed by atoms with E-state index in [0.717, 1.165) is 18.4 Å². The Morgan fingerprint density at radius 1 is 1.28 bits per heavy atom. The molecular weight excluding hydrogens is 333 g/mol. The number of allylic oxidation sites excluding steroid dienone is 1. The number of carbonyl (C=O) groups is 1. The maximum Gasteiger partial charge on any atom is 0.410 e. The van der Waals surface area contributed by atoms with Crippen molar-refractivity contribution >= 4 is 11.8 Å². The van der Waals surface area contributed by atoms with E-state index >= 15 is 0 Å². The third-order valence-corrected chi connectivity index (χ3v) is 4.40. The number of amides is 1. The summed E-state index contributed by atoms with van der Waals surface area (Å²) in [6, 6.07) is 0. The maximum atomic E-state index is 12.5. The highest BCUT2D eigenvalue weighted by Gasteiger charge is 2.30. The van der Waals surface area contributed by atoms with Crippen molar-refractivity contribution in [1.82, 2.24) is 4.90 Å². The minimum atomic E-state index is -4.16. The minimum Gasteiger partial charge on any atom is -0.444 e. The second-order valence-corrected chi connectivity index (χ2v) is 7.70. The van der Waals surface area contributed by atoms with Gasteiger partial charge in [0, 0.05) is 31.8 Å². The second-order valence-electron chi connectivity index (χ2n) is 7.70. The van der Waals surface area contributed by atoms with Gasteiger partial charge in [0.2, 0.25) is 0 Å². The molecule has 0 aromatic heterocycles.